The summed E-state index contributed by atoms with van der Waals surface area (Å²) in [5, 5.41) is 20.6. The summed E-state index contributed by atoms with van der Waals surface area (Å²) in [7, 11) is 0. The van der Waals surface area contributed by atoms with Gasteiger partial charge in [-0.2, -0.15) is 5.10 Å². The van der Waals surface area contributed by atoms with E-state index in [-0.39, 0.29) is 30.1 Å². The third-order valence-electron chi connectivity index (χ3n) is 3.85. The second-order valence-corrected chi connectivity index (χ2v) is 6.89. The maximum absolute atomic E-state index is 12.3. The zero-order chi connectivity index (χ0) is 22.1. The lowest BCUT2D eigenvalue weighted by Gasteiger charge is -2.14. The molecule has 0 heterocycles. The lowest BCUT2D eigenvalue weighted by Crippen LogP contribution is -2.33. The van der Waals surface area contributed by atoms with Gasteiger partial charge in [-0.1, -0.05) is 29.3 Å². The molecule has 9 nitrogen and oxygen atoms in total. The number of hydrogen-bond donors (Lipinski definition) is 5. The average molecular weight is 452 g/mol. The second-order valence-electron chi connectivity index (χ2n) is 6.05. The summed E-state index contributed by atoms with van der Waals surface area (Å²) in [4.78, 5) is 35.5. The van der Waals surface area contributed by atoms with Crippen molar-refractivity contribution in [2.45, 2.75) is 12.8 Å². The highest BCUT2D eigenvalue weighted by Gasteiger charge is 2.15. The molecule has 2 aromatic rings. The van der Waals surface area contributed by atoms with E-state index in [1.807, 2.05) is 0 Å². The SMILES string of the molecule is NN=CNc1cccc(C(=O)NCC(=O)Nc2c(Cl)cc(Cl)cc2CCC(=O)O)c1. The monoisotopic (exact) mass is 451 g/mol. The lowest BCUT2D eigenvalue weighted by atomic mass is 10.1. The van der Waals surface area contributed by atoms with E-state index in [0.29, 0.717) is 21.8 Å². The van der Waals surface area contributed by atoms with Gasteiger partial charge in [0.1, 0.15) is 6.34 Å². The predicted molar refractivity (Wildman–Crippen MR) is 116 cm³/mol. The van der Waals surface area contributed by atoms with Crippen LogP contribution in [-0.2, 0) is 16.0 Å². The van der Waals surface area contributed by atoms with Crippen LogP contribution in [-0.4, -0.2) is 35.8 Å². The van der Waals surface area contributed by atoms with Crippen LogP contribution < -0.4 is 21.8 Å². The lowest BCUT2D eigenvalue weighted by molar-refractivity contribution is -0.137. The average Bonchev–Trinajstić information content (AvgIpc) is 2.71. The molecular formula is C19H19Cl2N5O4. The number of aliphatic carboxylic acids is 1. The van der Waals surface area contributed by atoms with Gasteiger partial charge in [0, 0.05) is 22.7 Å². The summed E-state index contributed by atoms with van der Waals surface area (Å²) in [6, 6.07) is 9.49. The fraction of sp³-hybridized carbons (Fsp3) is 0.158. The molecule has 0 fully saturated rings. The Morgan fingerprint density at radius 1 is 1.17 bits per heavy atom. The number of carboxylic acid groups (broad SMARTS) is 1. The first-order chi connectivity index (χ1) is 14.3. The fourth-order valence-corrected chi connectivity index (χ4v) is 3.10. The molecule has 0 bridgehead atoms. The molecule has 2 amide bonds. The molecule has 0 spiro atoms. The molecule has 6 N–H and O–H groups in total. The van der Waals surface area contributed by atoms with E-state index < -0.39 is 17.8 Å². The number of nitrogens with two attached hydrogens (primary N) is 1. The summed E-state index contributed by atoms with van der Waals surface area (Å²) in [5.74, 6) is 3.02. The standard InChI is InChI=1S/C19H19Cl2N5O4/c20-13-6-11(4-5-17(28)29)18(15(21)8-13)26-16(27)9-23-19(30)12-2-1-3-14(7-12)24-10-25-22/h1-3,6-8,10H,4-5,9,22H2,(H,23,30)(H,24,25)(H,26,27)(H,28,29). The molecule has 0 aliphatic heterocycles. The van der Waals surface area contributed by atoms with E-state index in [1.165, 1.54) is 18.5 Å². The zero-order valence-corrected chi connectivity index (χ0v) is 17.1. The first-order valence-corrected chi connectivity index (χ1v) is 9.42. The predicted octanol–water partition coefficient (Wildman–Crippen LogP) is 2.69. The van der Waals surface area contributed by atoms with Crippen molar-refractivity contribution < 1.29 is 19.5 Å². The number of nitrogens with zero attached hydrogens (tertiary/aromatic N) is 1. The number of aryl methyl sites for hydroxylation is 1. The Morgan fingerprint density at radius 3 is 2.63 bits per heavy atom. The van der Waals surface area contributed by atoms with Gasteiger partial charge in [-0.3, -0.25) is 14.4 Å². The molecule has 2 rings (SSSR count). The number of halogens is 2. The van der Waals surface area contributed by atoms with Crippen molar-refractivity contribution in [3.8, 4) is 0 Å². The van der Waals surface area contributed by atoms with Crippen molar-refractivity contribution in [2.75, 3.05) is 17.2 Å². The van der Waals surface area contributed by atoms with Gasteiger partial charge < -0.3 is 26.9 Å². The van der Waals surface area contributed by atoms with Gasteiger partial charge in [-0.25, -0.2) is 0 Å². The van der Waals surface area contributed by atoms with Gasteiger partial charge in [-0.15, -0.1) is 0 Å². The molecule has 0 aliphatic carbocycles. The van der Waals surface area contributed by atoms with E-state index in [2.05, 4.69) is 21.1 Å². The molecule has 2 aromatic carbocycles. The smallest absolute Gasteiger partial charge is 0.303 e. The number of hydrazone groups is 1. The molecule has 0 saturated heterocycles. The van der Waals surface area contributed by atoms with Crippen molar-refractivity contribution >= 4 is 58.7 Å². The number of rotatable bonds is 9. The third kappa shape index (κ3) is 6.94. The van der Waals surface area contributed by atoms with Gasteiger partial charge in [-0.05, 0) is 42.3 Å². The highest BCUT2D eigenvalue weighted by molar-refractivity contribution is 6.37. The summed E-state index contributed by atoms with van der Waals surface area (Å²) in [6.45, 7) is -0.321. The minimum absolute atomic E-state index is 0.128. The number of nitrogens with one attached hydrogen (secondary N) is 3. The first kappa shape index (κ1) is 23.0. The third-order valence-corrected chi connectivity index (χ3v) is 4.37. The number of carbonyl (C=O) groups excluding carboxylic acids is 2. The number of anilines is 2. The van der Waals surface area contributed by atoms with Crippen LogP contribution in [0.5, 0.6) is 0 Å². The van der Waals surface area contributed by atoms with Gasteiger partial charge in [0.15, 0.2) is 0 Å². The normalized spacial score (nSPS) is 10.6. The van der Waals surface area contributed by atoms with E-state index in [0.717, 1.165) is 0 Å². The van der Waals surface area contributed by atoms with Crippen molar-refractivity contribution in [3.63, 3.8) is 0 Å². The highest BCUT2D eigenvalue weighted by atomic mass is 35.5. The summed E-state index contributed by atoms with van der Waals surface area (Å²) >= 11 is 12.1. The number of carboxylic acids is 1. The van der Waals surface area contributed by atoms with Crippen LogP contribution in [0, 0.1) is 0 Å². The summed E-state index contributed by atoms with van der Waals surface area (Å²) in [5.41, 5.74) is 1.66. The summed E-state index contributed by atoms with van der Waals surface area (Å²) in [6.07, 6.45) is 1.24. The van der Waals surface area contributed by atoms with Crippen LogP contribution in [0.2, 0.25) is 10.0 Å². The topological polar surface area (TPSA) is 146 Å². The Hall–Kier alpha value is -3.30. The van der Waals surface area contributed by atoms with Crippen LogP contribution in [0.1, 0.15) is 22.3 Å². The molecular weight excluding hydrogens is 433 g/mol. The van der Waals surface area contributed by atoms with Gasteiger partial charge in [0.25, 0.3) is 5.91 Å². The quantitative estimate of drug-likeness (QED) is 0.171. The van der Waals surface area contributed by atoms with Crippen LogP contribution in [0.25, 0.3) is 0 Å². The Morgan fingerprint density at radius 2 is 1.93 bits per heavy atom. The maximum Gasteiger partial charge on any atom is 0.303 e. The minimum atomic E-state index is -0.995. The number of benzene rings is 2. The van der Waals surface area contributed by atoms with Gasteiger partial charge in [0.2, 0.25) is 5.91 Å². The Bertz CT molecular complexity index is 981. The van der Waals surface area contributed by atoms with Crippen molar-refractivity contribution in [3.05, 3.63) is 57.6 Å². The van der Waals surface area contributed by atoms with Gasteiger partial charge >= 0.3 is 5.97 Å². The van der Waals surface area contributed by atoms with Crippen LogP contribution in [0.15, 0.2) is 41.5 Å². The highest BCUT2D eigenvalue weighted by Crippen LogP contribution is 2.31. The zero-order valence-electron chi connectivity index (χ0n) is 15.6. The molecule has 0 aromatic heterocycles. The number of hydrogen-bond acceptors (Lipinski definition) is 5. The molecule has 158 valence electrons. The largest absolute Gasteiger partial charge is 0.481 e. The van der Waals surface area contributed by atoms with Crippen LogP contribution >= 0.6 is 23.2 Å². The van der Waals surface area contributed by atoms with E-state index in [4.69, 9.17) is 34.2 Å². The molecule has 0 saturated carbocycles. The molecule has 0 radical (unpaired) electrons. The molecule has 30 heavy (non-hydrogen) atoms. The Kier molecular flexibility index (Phi) is 8.45. The molecule has 0 unspecified atom stereocenters. The van der Waals surface area contributed by atoms with Crippen LogP contribution in [0.3, 0.4) is 0 Å². The Labute approximate surface area is 182 Å². The van der Waals surface area contributed by atoms with Gasteiger partial charge in [0.05, 0.1) is 17.3 Å². The molecule has 11 heteroatoms. The van der Waals surface area contributed by atoms with E-state index in [9.17, 15) is 14.4 Å². The fourth-order valence-electron chi connectivity index (χ4n) is 2.51. The number of amides is 2. The summed E-state index contributed by atoms with van der Waals surface area (Å²) < 4.78 is 0. The first-order valence-electron chi connectivity index (χ1n) is 8.66. The van der Waals surface area contributed by atoms with E-state index in [1.54, 1.807) is 24.3 Å². The van der Waals surface area contributed by atoms with Crippen molar-refractivity contribution in [1.29, 1.82) is 0 Å². The molecule has 0 aliphatic rings. The second kappa shape index (κ2) is 11.0. The number of carbonyl (C=O) groups is 3. The maximum atomic E-state index is 12.3. The molecule has 0 atom stereocenters. The van der Waals surface area contributed by atoms with E-state index >= 15 is 0 Å². The van der Waals surface area contributed by atoms with Crippen molar-refractivity contribution in [1.82, 2.24) is 5.32 Å². The van der Waals surface area contributed by atoms with Crippen LogP contribution in [0.4, 0.5) is 11.4 Å². The minimum Gasteiger partial charge on any atom is -0.481 e. The van der Waals surface area contributed by atoms with Crippen molar-refractivity contribution in [2.24, 2.45) is 10.9 Å². The Balaban J connectivity index is 2.02.